The van der Waals surface area contributed by atoms with E-state index in [0.29, 0.717) is 17.0 Å². The van der Waals surface area contributed by atoms with Gasteiger partial charge in [-0.1, -0.05) is 89.5 Å². The number of hydrogen-bond donors (Lipinski definition) is 1. The molecular weight excluding hydrogens is 526 g/mol. The molecule has 1 aliphatic heterocycles. The van der Waals surface area contributed by atoms with Gasteiger partial charge in [0.25, 0.3) is 11.7 Å². The average molecular weight is 562 g/mol. The van der Waals surface area contributed by atoms with Crippen LogP contribution in [0.15, 0.2) is 66.2 Å². The highest BCUT2D eigenvalue weighted by Gasteiger charge is 2.47. The van der Waals surface area contributed by atoms with Crippen molar-refractivity contribution in [3.05, 3.63) is 93.5 Å². The van der Waals surface area contributed by atoms with Crippen LogP contribution in [0.25, 0.3) is 5.76 Å². The Morgan fingerprint density at radius 3 is 1.77 bits per heavy atom. The van der Waals surface area contributed by atoms with Crippen molar-refractivity contribution in [3.8, 4) is 11.5 Å². The van der Waals surface area contributed by atoms with Crippen LogP contribution < -0.4 is 14.4 Å². The lowest BCUT2D eigenvalue weighted by molar-refractivity contribution is -0.132. The molecule has 0 radical (unpaired) electrons. The Kier molecular flexibility index (Phi) is 7.79. The normalized spacial score (nSPS) is 17.3. The van der Waals surface area contributed by atoms with Crippen molar-refractivity contribution in [3.63, 3.8) is 0 Å². The minimum atomic E-state index is -0.874. The number of anilines is 1. The summed E-state index contributed by atoms with van der Waals surface area (Å²) in [5.74, 6) is -1.36. The quantitative estimate of drug-likeness (QED) is 0.197. The number of rotatable bonds is 5. The number of aliphatic hydroxyl groups excluding tert-OH is 1. The number of carbonyl (C=O) groups is 2. The predicted molar refractivity (Wildman–Crippen MR) is 160 cm³/mol. The molecule has 0 spiro atoms. The lowest BCUT2D eigenvalue weighted by Crippen LogP contribution is -2.29. The molecule has 1 unspecified atom stereocenters. The number of carbonyl (C=O) groups excluding carboxylic acids is 2. The summed E-state index contributed by atoms with van der Waals surface area (Å²) in [6, 6.07) is 17.5. The molecule has 7 heteroatoms. The van der Waals surface area contributed by atoms with Crippen LogP contribution in [0.5, 0.6) is 11.5 Å². The van der Waals surface area contributed by atoms with Gasteiger partial charge in [-0.25, -0.2) is 0 Å². The third-order valence-electron chi connectivity index (χ3n) is 7.28. The van der Waals surface area contributed by atoms with Crippen LogP contribution in [0.1, 0.15) is 69.8 Å². The molecule has 0 aliphatic carbocycles. The summed E-state index contributed by atoms with van der Waals surface area (Å²) in [5, 5.41) is 11.9. The minimum absolute atomic E-state index is 0.0453. The molecule has 1 aliphatic rings. The second kappa shape index (κ2) is 10.7. The van der Waals surface area contributed by atoms with Crippen LogP contribution in [0.3, 0.4) is 0 Å². The fourth-order valence-corrected chi connectivity index (χ4v) is 5.12. The van der Waals surface area contributed by atoms with E-state index in [4.69, 9.17) is 21.1 Å². The van der Waals surface area contributed by atoms with Gasteiger partial charge >= 0.3 is 0 Å². The molecule has 1 amide bonds. The Morgan fingerprint density at radius 1 is 0.800 bits per heavy atom. The number of ketones is 1. The van der Waals surface area contributed by atoms with Crippen LogP contribution in [-0.2, 0) is 20.4 Å². The summed E-state index contributed by atoms with van der Waals surface area (Å²) < 4.78 is 10.8. The van der Waals surface area contributed by atoms with Crippen LogP contribution in [0, 0.1) is 0 Å². The molecule has 4 rings (SSSR count). The molecule has 40 heavy (non-hydrogen) atoms. The van der Waals surface area contributed by atoms with E-state index in [-0.39, 0.29) is 38.5 Å². The monoisotopic (exact) mass is 561 g/mol. The predicted octanol–water partition coefficient (Wildman–Crippen LogP) is 7.58. The summed E-state index contributed by atoms with van der Waals surface area (Å²) in [4.78, 5) is 28.7. The molecule has 0 saturated carbocycles. The van der Waals surface area contributed by atoms with Crippen LogP contribution in [0.4, 0.5) is 5.69 Å². The van der Waals surface area contributed by atoms with Crippen molar-refractivity contribution in [2.45, 2.75) is 58.4 Å². The van der Waals surface area contributed by atoms with Crippen molar-refractivity contribution in [1.29, 1.82) is 0 Å². The first-order chi connectivity index (χ1) is 18.7. The minimum Gasteiger partial charge on any atom is -0.507 e. The Bertz CT molecular complexity index is 1480. The molecule has 6 nitrogen and oxygen atoms in total. The molecule has 3 aromatic rings. The van der Waals surface area contributed by atoms with Crippen molar-refractivity contribution < 1.29 is 24.2 Å². The SMILES string of the molecule is COc1cc(/C(O)=C2\C(=O)C(=O)N(c3ccc(C(C)(C)C)cc3)C2c2ccc(C(C)(C)C)cc2)c(OC)cc1Cl. The van der Waals surface area contributed by atoms with Gasteiger partial charge in [-0.05, 0) is 45.7 Å². The van der Waals surface area contributed by atoms with E-state index in [2.05, 4.69) is 41.5 Å². The zero-order valence-electron chi connectivity index (χ0n) is 24.3. The highest BCUT2D eigenvalue weighted by Crippen LogP contribution is 2.45. The van der Waals surface area contributed by atoms with Crippen molar-refractivity contribution in [1.82, 2.24) is 0 Å². The topological polar surface area (TPSA) is 76.1 Å². The second-order valence-corrected chi connectivity index (χ2v) is 12.4. The van der Waals surface area contributed by atoms with Crippen molar-refractivity contribution in [2.75, 3.05) is 19.1 Å². The number of methoxy groups -OCH3 is 2. The summed E-state index contributed by atoms with van der Waals surface area (Å²) in [5.41, 5.74) is 3.42. The van der Waals surface area contributed by atoms with Crippen LogP contribution >= 0.6 is 11.6 Å². The number of hydrogen-bond acceptors (Lipinski definition) is 5. The summed E-state index contributed by atoms with van der Waals surface area (Å²) in [6.07, 6.45) is 0. The van der Waals surface area contributed by atoms with Gasteiger partial charge in [0, 0.05) is 11.8 Å². The molecule has 1 N–H and O–H groups in total. The first-order valence-corrected chi connectivity index (χ1v) is 13.5. The van der Waals surface area contributed by atoms with E-state index in [1.54, 1.807) is 0 Å². The van der Waals surface area contributed by atoms with E-state index >= 15 is 0 Å². The highest BCUT2D eigenvalue weighted by molar-refractivity contribution is 6.51. The fraction of sp³-hybridized carbons (Fsp3) is 0.333. The number of benzene rings is 3. The van der Waals surface area contributed by atoms with E-state index in [1.807, 2.05) is 48.5 Å². The molecule has 1 heterocycles. The zero-order chi connectivity index (χ0) is 29.6. The molecular formula is C33H36ClNO5. The standard InChI is InChI=1S/C33H36ClNO5/c1-32(2,3)20-11-9-19(10-12-20)28-27(29(36)23-17-26(40-8)24(34)18-25(23)39-7)30(37)31(38)35(28)22-15-13-21(14-16-22)33(4,5)6/h9-18,28,36H,1-8H3/b29-27+. The zero-order valence-corrected chi connectivity index (χ0v) is 25.0. The number of nitrogens with zero attached hydrogens (tertiary/aromatic N) is 1. The second-order valence-electron chi connectivity index (χ2n) is 12.0. The molecule has 210 valence electrons. The molecule has 0 aromatic heterocycles. The molecule has 1 atom stereocenters. The molecule has 0 bridgehead atoms. The molecule has 1 fully saturated rings. The largest absolute Gasteiger partial charge is 0.507 e. The number of Topliss-reactive ketones (excluding diaryl/α,β-unsaturated/α-hetero) is 1. The highest BCUT2D eigenvalue weighted by atomic mass is 35.5. The van der Waals surface area contributed by atoms with E-state index in [9.17, 15) is 14.7 Å². The average Bonchev–Trinajstić information content (AvgIpc) is 3.17. The van der Waals surface area contributed by atoms with Gasteiger partial charge in [0.15, 0.2) is 0 Å². The molecule has 1 saturated heterocycles. The Morgan fingerprint density at radius 2 is 1.30 bits per heavy atom. The number of aliphatic hydroxyl groups is 1. The van der Waals surface area contributed by atoms with Crippen molar-refractivity contribution in [2.24, 2.45) is 0 Å². The Labute approximate surface area is 241 Å². The van der Waals surface area contributed by atoms with Gasteiger partial charge in [-0.2, -0.15) is 0 Å². The van der Waals surface area contributed by atoms with Crippen LogP contribution in [-0.4, -0.2) is 31.0 Å². The van der Waals surface area contributed by atoms with E-state index in [0.717, 1.165) is 11.1 Å². The summed E-state index contributed by atoms with van der Waals surface area (Å²) in [7, 11) is 2.89. The number of amides is 1. The van der Waals surface area contributed by atoms with Gasteiger partial charge in [0.05, 0.1) is 36.4 Å². The number of ether oxygens (including phenoxy) is 2. The number of halogens is 1. The maximum atomic E-state index is 13.7. The third-order valence-corrected chi connectivity index (χ3v) is 7.57. The fourth-order valence-electron chi connectivity index (χ4n) is 4.89. The van der Waals surface area contributed by atoms with E-state index in [1.165, 1.54) is 31.3 Å². The van der Waals surface area contributed by atoms with Gasteiger partial charge in [0.2, 0.25) is 0 Å². The van der Waals surface area contributed by atoms with Gasteiger partial charge in [-0.3, -0.25) is 14.5 Å². The van der Waals surface area contributed by atoms with E-state index < -0.39 is 17.7 Å². The third kappa shape index (κ3) is 5.33. The lowest BCUT2D eigenvalue weighted by Gasteiger charge is -2.27. The smallest absolute Gasteiger partial charge is 0.300 e. The Balaban J connectivity index is 1.97. The first kappa shape index (κ1) is 29.2. The first-order valence-electron chi connectivity index (χ1n) is 13.1. The van der Waals surface area contributed by atoms with Gasteiger partial charge in [0.1, 0.15) is 17.3 Å². The maximum Gasteiger partial charge on any atom is 0.300 e. The van der Waals surface area contributed by atoms with Crippen LogP contribution in [0.2, 0.25) is 5.02 Å². The lowest BCUT2D eigenvalue weighted by atomic mass is 9.85. The maximum absolute atomic E-state index is 13.7. The molecule has 3 aromatic carbocycles. The summed E-state index contributed by atoms with van der Waals surface area (Å²) >= 11 is 6.29. The van der Waals surface area contributed by atoms with Gasteiger partial charge in [-0.15, -0.1) is 0 Å². The van der Waals surface area contributed by atoms with Crippen molar-refractivity contribution >= 4 is 34.7 Å². The van der Waals surface area contributed by atoms with Gasteiger partial charge < -0.3 is 14.6 Å². The Hall–Kier alpha value is -3.77. The summed E-state index contributed by atoms with van der Waals surface area (Å²) in [6.45, 7) is 12.7.